The summed E-state index contributed by atoms with van der Waals surface area (Å²) < 4.78 is 11.3. The monoisotopic (exact) mass is 383 g/mol. The largest absolute Gasteiger partial charge is 0.468 e. The van der Waals surface area contributed by atoms with Crippen LogP contribution in [0.5, 0.6) is 0 Å². The maximum absolute atomic E-state index is 13.3. The molecule has 2 aliphatic rings. The van der Waals surface area contributed by atoms with E-state index in [-0.39, 0.29) is 17.9 Å². The van der Waals surface area contributed by atoms with Gasteiger partial charge in [-0.05, 0) is 63.0 Å². The molecule has 2 fully saturated rings. The lowest BCUT2D eigenvalue weighted by Gasteiger charge is -2.34. The van der Waals surface area contributed by atoms with Crippen LogP contribution in [0.4, 0.5) is 0 Å². The first-order chi connectivity index (χ1) is 13.8. The summed E-state index contributed by atoms with van der Waals surface area (Å²) in [4.78, 5) is 22.1. The predicted octanol–water partition coefficient (Wildman–Crippen LogP) is 3.09. The van der Waals surface area contributed by atoms with Gasteiger partial charge in [0.05, 0.1) is 31.2 Å². The Labute approximate surface area is 166 Å². The summed E-state index contributed by atoms with van der Waals surface area (Å²) in [6.07, 6.45) is 7.57. The van der Waals surface area contributed by atoms with Crippen LogP contribution < -0.4 is 0 Å². The normalized spacial score (nSPS) is 21.1. The van der Waals surface area contributed by atoms with Gasteiger partial charge in [0.25, 0.3) is 0 Å². The van der Waals surface area contributed by atoms with Crippen LogP contribution in [-0.2, 0) is 22.6 Å². The molecule has 1 amide bonds. The molecule has 0 saturated carbocycles. The van der Waals surface area contributed by atoms with E-state index in [1.165, 1.54) is 0 Å². The van der Waals surface area contributed by atoms with Crippen molar-refractivity contribution in [3.05, 3.63) is 54.2 Å². The van der Waals surface area contributed by atoms with Crippen molar-refractivity contribution in [1.82, 2.24) is 14.8 Å². The first kappa shape index (κ1) is 19.2. The number of nitrogens with zero attached hydrogens (tertiary/aromatic N) is 3. The number of hydrogen-bond donors (Lipinski definition) is 0. The lowest BCUT2D eigenvalue weighted by atomic mass is 9.94. The van der Waals surface area contributed by atoms with Crippen molar-refractivity contribution in [1.29, 1.82) is 0 Å². The number of ether oxygens (including phenoxy) is 1. The van der Waals surface area contributed by atoms with E-state index in [1.54, 1.807) is 12.5 Å². The molecular weight excluding hydrogens is 354 g/mol. The Morgan fingerprint density at radius 2 is 2.07 bits per heavy atom. The van der Waals surface area contributed by atoms with Gasteiger partial charge in [-0.25, -0.2) is 0 Å². The molecule has 2 aromatic rings. The van der Waals surface area contributed by atoms with Crippen LogP contribution in [0.2, 0.25) is 0 Å². The fraction of sp³-hybridized carbons (Fsp3) is 0.545. The molecule has 2 saturated heterocycles. The molecule has 0 aromatic carbocycles. The molecule has 150 valence electrons. The van der Waals surface area contributed by atoms with Crippen LogP contribution in [-0.4, -0.2) is 53.0 Å². The standard InChI is InChI=1S/C22H29N3O3/c26-22(18-8-11-24(12-9-18)16-20-6-3-13-27-20)25(17-21-7-4-14-28-21)15-19-5-1-2-10-23-19/h1-3,5-6,10,13,18,21H,4,7-9,11-12,14-17H2. The van der Waals surface area contributed by atoms with Gasteiger partial charge in [0.2, 0.25) is 5.91 Å². The summed E-state index contributed by atoms with van der Waals surface area (Å²) in [5.41, 5.74) is 0.934. The lowest BCUT2D eigenvalue weighted by molar-refractivity contribution is -0.139. The van der Waals surface area contributed by atoms with Crippen LogP contribution in [0.25, 0.3) is 0 Å². The van der Waals surface area contributed by atoms with Gasteiger partial charge in [0.1, 0.15) is 5.76 Å². The van der Waals surface area contributed by atoms with Gasteiger partial charge in [-0.1, -0.05) is 6.07 Å². The van der Waals surface area contributed by atoms with Crippen molar-refractivity contribution >= 4 is 5.91 Å². The highest BCUT2D eigenvalue weighted by Gasteiger charge is 2.31. The SMILES string of the molecule is O=C(C1CCN(Cc2ccco2)CC1)N(Cc1ccccn1)CC1CCCO1. The maximum atomic E-state index is 13.3. The van der Waals surface area contributed by atoms with Gasteiger partial charge in [-0.3, -0.25) is 14.7 Å². The van der Waals surface area contributed by atoms with Crippen molar-refractivity contribution in [2.24, 2.45) is 5.92 Å². The zero-order valence-electron chi connectivity index (χ0n) is 16.3. The number of carbonyl (C=O) groups is 1. The molecule has 28 heavy (non-hydrogen) atoms. The van der Waals surface area contributed by atoms with Gasteiger partial charge in [0, 0.05) is 25.3 Å². The molecular formula is C22H29N3O3. The minimum absolute atomic E-state index is 0.0815. The average Bonchev–Trinajstić information content (AvgIpc) is 3.43. The van der Waals surface area contributed by atoms with E-state index >= 15 is 0 Å². The Kier molecular flexibility index (Phi) is 6.39. The molecule has 0 N–H and O–H groups in total. The molecule has 6 nitrogen and oxygen atoms in total. The number of likely N-dealkylation sites (tertiary alicyclic amines) is 1. The van der Waals surface area contributed by atoms with Crippen LogP contribution in [0, 0.1) is 5.92 Å². The molecule has 2 aromatic heterocycles. The molecule has 1 unspecified atom stereocenters. The Balaban J connectivity index is 1.36. The summed E-state index contributed by atoms with van der Waals surface area (Å²) in [5, 5.41) is 0. The summed E-state index contributed by atoms with van der Waals surface area (Å²) in [5.74, 6) is 1.32. The van der Waals surface area contributed by atoms with E-state index in [4.69, 9.17) is 9.15 Å². The van der Waals surface area contributed by atoms with Gasteiger partial charge >= 0.3 is 0 Å². The van der Waals surface area contributed by atoms with Crippen LogP contribution in [0.1, 0.15) is 37.1 Å². The predicted molar refractivity (Wildman–Crippen MR) is 105 cm³/mol. The van der Waals surface area contributed by atoms with E-state index in [2.05, 4.69) is 9.88 Å². The third-order valence-electron chi connectivity index (χ3n) is 5.74. The van der Waals surface area contributed by atoms with Gasteiger partial charge in [-0.2, -0.15) is 0 Å². The Morgan fingerprint density at radius 1 is 1.18 bits per heavy atom. The zero-order chi connectivity index (χ0) is 19.2. The second-order valence-electron chi connectivity index (χ2n) is 7.80. The topological polar surface area (TPSA) is 58.8 Å². The Hall–Kier alpha value is -2.18. The molecule has 0 spiro atoms. The summed E-state index contributed by atoms with van der Waals surface area (Å²) >= 11 is 0. The quantitative estimate of drug-likeness (QED) is 0.735. The van der Waals surface area contributed by atoms with E-state index in [0.717, 1.165) is 63.4 Å². The van der Waals surface area contributed by atoms with E-state index in [9.17, 15) is 4.79 Å². The zero-order valence-corrected chi connectivity index (χ0v) is 16.3. The minimum atomic E-state index is 0.0815. The van der Waals surface area contributed by atoms with E-state index in [0.29, 0.717) is 13.1 Å². The number of hydrogen-bond acceptors (Lipinski definition) is 5. The molecule has 0 radical (unpaired) electrons. The van der Waals surface area contributed by atoms with Crippen molar-refractivity contribution in [2.45, 2.75) is 44.9 Å². The number of furan rings is 1. The second-order valence-corrected chi connectivity index (χ2v) is 7.80. The Bertz CT molecular complexity index is 721. The number of aromatic nitrogens is 1. The molecule has 0 aliphatic carbocycles. The molecule has 6 heteroatoms. The van der Waals surface area contributed by atoms with Crippen LogP contribution in [0.3, 0.4) is 0 Å². The van der Waals surface area contributed by atoms with Crippen LogP contribution in [0.15, 0.2) is 47.2 Å². The van der Waals surface area contributed by atoms with Crippen LogP contribution >= 0.6 is 0 Å². The van der Waals surface area contributed by atoms with Crippen molar-refractivity contribution in [3.63, 3.8) is 0 Å². The summed E-state index contributed by atoms with van der Waals surface area (Å²) in [7, 11) is 0. The fourth-order valence-electron chi connectivity index (χ4n) is 4.17. The van der Waals surface area contributed by atoms with E-state index < -0.39 is 0 Å². The third kappa shape index (κ3) is 5.00. The van der Waals surface area contributed by atoms with Gasteiger partial charge < -0.3 is 14.1 Å². The number of carbonyl (C=O) groups excluding carboxylic acids is 1. The highest BCUT2D eigenvalue weighted by molar-refractivity contribution is 5.79. The van der Waals surface area contributed by atoms with Gasteiger partial charge in [0.15, 0.2) is 0 Å². The number of amides is 1. The lowest BCUT2D eigenvalue weighted by Crippen LogP contribution is -2.44. The molecule has 0 bridgehead atoms. The van der Waals surface area contributed by atoms with Gasteiger partial charge in [-0.15, -0.1) is 0 Å². The highest BCUT2D eigenvalue weighted by atomic mass is 16.5. The summed E-state index contributed by atoms with van der Waals surface area (Å²) in [6, 6.07) is 9.80. The first-order valence-electron chi connectivity index (χ1n) is 10.3. The highest BCUT2D eigenvalue weighted by Crippen LogP contribution is 2.23. The number of pyridine rings is 1. The molecule has 4 rings (SSSR count). The average molecular weight is 383 g/mol. The third-order valence-corrected chi connectivity index (χ3v) is 5.74. The smallest absolute Gasteiger partial charge is 0.226 e. The maximum Gasteiger partial charge on any atom is 0.226 e. The second kappa shape index (κ2) is 9.34. The number of piperidine rings is 1. The summed E-state index contributed by atoms with van der Waals surface area (Å²) in [6.45, 7) is 4.71. The van der Waals surface area contributed by atoms with Crippen molar-refractivity contribution in [2.75, 3.05) is 26.2 Å². The van der Waals surface area contributed by atoms with E-state index in [1.807, 2.05) is 35.2 Å². The fourth-order valence-corrected chi connectivity index (χ4v) is 4.17. The number of rotatable bonds is 7. The van der Waals surface area contributed by atoms with Crippen molar-refractivity contribution in [3.8, 4) is 0 Å². The first-order valence-corrected chi connectivity index (χ1v) is 10.3. The minimum Gasteiger partial charge on any atom is -0.468 e. The van der Waals surface area contributed by atoms with Crippen molar-refractivity contribution < 1.29 is 13.9 Å². The molecule has 1 atom stereocenters. The molecule has 4 heterocycles. The molecule has 2 aliphatic heterocycles. The Morgan fingerprint density at radius 3 is 2.75 bits per heavy atom.